The van der Waals surface area contributed by atoms with Crippen molar-refractivity contribution in [3.63, 3.8) is 0 Å². The summed E-state index contributed by atoms with van der Waals surface area (Å²) in [6.45, 7) is 2.60. The molecule has 1 heterocycles. The van der Waals surface area contributed by atoms with Crippen LogP contribution in [0.5, 0.6) is 0 Å². The molecule has 0 radical (unpaired) electrons. The molecule has 2 rings (SSSR count). The molecule has 0 spiro atoms. The van der Waals surface area contributed by atoms with Gasteiger partial charge in [0.2, 0.25) is 5.91 Å². The molecule has 1 aliphatic heterocycles. The maximum absolute atomic E-state index is 11.7. The van der Waals surface area contributed by atoms with E-state index in [0.29, 0.717) is 5.92 Å². The molecule has 2 fully saturated rings. The van der Waals surface area contributed by atoms with E-state index in [1.165, 1.54) is 0 Å². The molecule has 1 saturated carbocycles. The van der Waals surface area contributed by atoms with Crippen molar-refractivity contribution < 1.29 is 9.90 Å². The second-order valence-electron chi connectivity index (χ2n) is 4.78. The second kappa shape index (κ2) is 4.94. The van der Waals surface area contributed by atoms with Gasteiger partial charge in [0, 0.05) is 13.1 Å². The lowest BCUT2D eigenvalue weighted by molar-refractivity contribution is -0.126. The van der Waals surface area contributed by atoms with E-state index in [4.69, 9.17) is 5.11 Å². The van der Waals surface area contributed by atoms with Crippen molar-refractivity contribution in [2.24, 2.45) is 11.8 Å². The van der Waals surface area contributed by atoms with Crippen LogP contribution in [0.3, 0.4) is 0 Å². The van der Waals surface area contributed by atoms with Gasteiger partial charge in [-0.1, -0.05) is 0 Å². The van der Waals surface area contributed by atoms with Gasteiger partial charge in [-0.2, -0.15) is 0 Å². The number of carbonyl (C=O) groups is 1. The largest absolute Gasteiger partial charge is 0.393 e. The fraction of sp³-hybridized carbons (Fsp3) is 0.909. The van der Waals surface area contributed by atoms with Crippen LogP contribution in [0.25, 0.3) is 0 Å². The minimum absolute atomic E-state index is 0.122. The molecule has 0 bridgehead atoms. The maximum atomic E-state index is 11.7. The van der Waals surface area contributed by atoms with Gasteiger partial charge in [0.05, 0.1) is 12.0 Å². The Labute approximate surface area is 90.4 Å². The highest BCUT2D eigenvalue weighted by Crippen LogP contribution is 2.26. The number of amides is 1. The monoisotopic (exact) mass is 212 g/mol. The Morgan fingerprint density at radius 2 is 2.27 bits per heavy atom. The lowest BCUT2D eigenvalue weighted by Crippen LogP contribution is -2.44. The summed E-state index contributed by atoms with van der Waals surface area (Å²) in [5, 5.41) is 15.3. The average molecular weight is 212 g/mol. The van der Waals surface area contributed by atoms with Gasteiger partial charge >= 0.3 is 0 Å². The lowest BCUT2D eigenvalue weighted by atomic mass is 9.82. The molecule has 0 aromatic heterocycles. The van der Waals surface area contributed by atoms with Crippen molar-refractivity contribution in [2.75, 3.05) is 19.6 Å². The van der Waals surface area contributed by atoms with E-state index in [2.05, 4.69) is 10.6 Å². The zero-order valence-corrected chi connectivity index (χ0v) is 9.04. The Hall–Kier alpha value is -0.610. The number of nitrogens with one attached hydrogen (secondary N) is 2. The minimum atomic E-state index is -0.122. The molecule has 4 nitrogen and oxygen atoms in total. The lowest BCUT2D eigenvalue weighted by Gasteiger charge is -2.32. The number of carbonyl (C=O) groups excluding carboxylic acids is 1. The summed E-state index contributed by atoms with van der Waals surface area (Å²) in [6.07, 6.45) is 3.68. The van der Waals surface area contributed by atoms with E-state index >= 15 is 0 Å². The Bertz CT molecular complexity index is 221. The molecule has 86 valence electrons. The highest BCUT2D eigenvalue weighted by molar-refractivity contribution is 5.78. The minimum Gasteiger partial charge on any atom is -0.393 e. The highest BCUT2D eigenvalue weighted by Gasteiger charge is 2.28. The maximum Gasteiger partial charge on any atom is 0.224 e. The molecule has 1 saturated heterocycles. The van der Waals surface area contributed by atoms with Crippen molar-refractivity contribution >= 4 is 5.91 Å². The Kier molecular flexibility index (Phi) is 3.59. The van der Waals surface area contributed by atoms with E-state index in [1.807, 2.05) is 0 Å². The first-order chi connectivity index (χ1) is 7.25. The van der Waals surface area contributed by atoms with Gasteiger partial charge in [-0.25, -0.2) is 0 Å². The summed E-state index contributed by atoms with van der Waals surface area (Å²) in [5.74, 6) is 0.841. The number of hydrogen-bond donors (Lipinski definition) is 3. The van der Waals surface area contributed by atoms with Gasteiger partial charge in [0.1, 0.15) is 0 Å². The molecule has 4 heteroatoms. The SMILES string of the molecule is O=C(NCC1CC(O)C1)[C@H]1CCCNC1. The predicted molar refractivity (Wildman–Crippen MR) is 57.3 cm³/mol. The van der Waals surface area contributed by atoms with Gasteiger partial charge in [-0.05, 0) is 38.1 Å². The highest BCUT2D eigenvalue weighted by atomic mass is 16.3. The first-order valence-electron chi connectivity index (χ1n) is 5.92. The number of aliphatic hydroxyl groups is 1. The van der Waals surface area contributed by atoms with Gasteiger partial charge in [-0.3, -0.25) is 4.79 Å². The van der Waals surface area contributed by atoms with Crippen LogP contribution < -0.4 is 10.6 Å². The van der Waals surface area contributed by atoms with Gasteiger partial charge in [0.25, 0.3) is 0 Å². The molecule has 3 N–H and O–H groups in total. The van der Waals surface area contributed by atoms with Gasteiger partial charge in [0.15, 0.2) is 0 Å². The van der Waals surface area contributed by atoms with E-state index in [1.54, 1.807) is 0 Å². The molecule has 1 atom stereocenters. The molecule has 0 unspecified atom stereocenters. The normalized spacial score (nSPS) is 35.7. The van der Waals surface area contributed by atoms with Crippen LogP contribution in [-0.2, 0) is 4.79 Å². The van der Waals surface area contributed by atoms with Crippen LogP contribution >= 0.6 is 0 Å². The number of aliphatic hydroxyl groups excluding tert-OH is 1. The van der Waals surface area contributed by atoms with E-state index < -0.39 is 0 Å². The summed E-state index contributed by atoms with van der Waals surface area (Å²) in [5.41, 5.74) is 0. The fourth-order valence-corrected chi connectivity index (χ4v) is 2.33. The molecule has 1 aliphatic carbocycles. The zero-order valence-electron chi connectivity index (χ0n) is 9.04. The third-order valence-corrected chi connectivity index (χ3v) is 3.44. The molecule has 1 amide bonds. The van der Waals surface area contributed by atoms with Crippen molar-refractivity contribution in [1.82, 2.24) is 10.6 Å². The first-order valence-corrected chi connectivity index (χ1v) is 5.92. The summed E-state index contributed by atoms with van der Waals surface area (Å²) in [4.78, 5) is 11.7. The van der Waals surface area contributed by atoms with Crippen molar-refractivity contribution in [1.29, 1.82) is 0 Å². The van der Waals surface area contributed by atoms with Crippen LogP contribution in [0.4, 0.5) is 0 Å². The third-order valence-electron chi connectivity index (χ3n) is 3.44. The van der Waals surface area contributed by atoms with Gasteiger partial charge < -0.3 is 15.7 Å². The smallest absolute Gasteiger partial charge is 0.224 e. The predicted octanol–water partition coefficient (Wildman–Crippen LogP) is -0.127. The topological polar surface area (TPSA) is 61.4 Å². The van der Waals surface area contributed by atoms with Crippen LogP contribution in [0.1, 0.15) is 25.7 Å². The zero-order chi connectivity index (χ0) is 10.7. The Morgan fingerprint density at radius 1 is 1.47 bits per heavy atom. The van der Waals surface area contributed by atoms with E-state index in [-0.39, 0.29) is 17.9 Å². The average Bonchev–Trinajstić information content (AvgIpc) is 2.23. The Morgan fingerprint density at radius 3 is 2.87 bits per heavy atom. The van der Waals surface area contributed by atoms with E-state index in [0.717, 1.165) is 45.3 Å². The second-order valence-corrected chi connectivity index (χ2v) is 4.78. The molecule has 15 heavy (non-hydrogen) atoms. The Balaban J connectivity index is 1.63. The number of piperidine rings is 1. The van der Waals surface area contributed by atoms with Crippen molar-refractivity contribution in [3.05, 3.63) is 0 Å². The number of hydrogen-bond acceptors (Lipinski definition) is 3. The summed E-state index contributed by atoms with van der Waals surface area (Å²) < 4.78 is 0. The van der Waals surface area contributed by atoms with Crippen molar-refractivity contribution in [3.8, 4) is 0 Å². The van der Waals surface area contributed by atoms with Gasteiger partial charge in [-0.15, -0.1) is 0 Å². The fourth-order valence-electron chi connectivity index (χ4n) is 2.33. The molecular weight excluding hydrogens is 192 g/mol. The van der Waals surface area contributed by atoms with Crippen LogP contribution in [0, 0.1) is 11.8 Å². The molecule has 2 aliphatic rings. The van der Waals surface area contributed by atoms with Crippen molar-refractivity contribution in [2.45, 2.75) is 31.8 Å². The van der Waals surface area contributed by atoms with E-state index in [9.17, 15) is 4.79 Å². The van der Waals surface area contributed by atoms with Crippen LogP contribution in [-0.4, -0.2) is 36.8 Å². The molecular formula is C11H20N2O2. The quantitative estimate of drug-likeness (QED) is 0.611. The van der Waals surface area contributed by atoms with Crippen LogP contribution in [0.2, 0.25) is 0 Å². The molecule has 0 aromatic carbocycles. The summed E-state index contributed by atoms with van der Waals surface area (Å²) >= 11 is 0. The summed E-state index contributed by atoms with van der Waals surface area (Å²) in [7, 11) is 0. The molecule has 0 aromatic rings. The first kappa shape index (κ1) is 10.9. The van der Waals surface area contributed by atoms with Crippen LogP contribution in [0.15, 0.2) is 0 Å². The standard InChI is InChI=1S/C11H20N2O2/c14-10-4-8(5-10)6-13-11(15)9-2-1-3-12-7-9/h8-10,12,14H,1-7H2,(H,13,15)/t8?,9-,10?/m0/s1. The summed E-state index contributed by atoms with van der Waals surface area (Å²) in [6, 6.07) is 0. The third kappa shape index (κ3) is 2.92. The number of rotatable bonds is 3.